The maximum Gasteiger partial charge on any atom is 0.162 e. The van der Waals surface area contributed by atoms with Gasteiger partial charge >= 0.3 is 0 Å². The Hall–Kier alpha value is -2.17. The first-order valence-corrected chi connectivity index (χ1v) is 7.03. The Morgan fingerprint density at radius 3 is 2.52 bits per heavy atom. The quantitative estimate of drug-likeness (QED) is 0.887. The van der Waals surface area contributed by atoms with Gasteiger partial charge in [0.15, 0.2) is 11.5 Å². The van der Waals surface area contributed by atoms with Crippen LogP contribution < -0.4 is 14.8 Å². The summed E-state index contributed by atoms with van der Waals surface area (Å²) in [6, 6.07) is 5.81. The molecule has 114 valence electrons. The number of aryl methyl sites for hydroxylation is 1. The summed E-state index contributed by atoms with van der Waals surface area (Å²) >= 11 is 0. The second kappa shape index (κ2) is 6.52. The Kier molecular flexibility index (Phi) is 4.73. The van der Waals surface area contributed by atoms with E-state index in [0.717, 1.165) is 29.4 Å². The SMILES string of the molecule is COc1ccc(NCc2cn(C)nc2C(C)C)cc1OC. The second-order valence-corrected chi connectivity index (χ2v) is 5.29. The van der Waals surface area contributed by atoms with Crippen molar-refractivity contribution in [2.75, 3.05) is 19.5 Å². The Bertz CT molecular complexity index is 606. The van der Waals surface area contributed by atoms with E-state index in [4.69, 9.17) is 9.47 Å². The van der Waals surface area contributed by atoms with E-state index in [0.29, 0.717) is 5.92 Å². The minimum Gasteiger partial charge on any atom is -0.493 e. The Morgan fingerprint density at radius 1 is 1.19 bits per heavy atom. The molecule has 0 atom stereocenters. The number of hydrogen-bond acceptors (Lipinski definition) is 4. The smallest absolute Gasteiger partial charge is 0.162 e. The molecule has 0 bridgehead atoms. The van der Waals surface area contributed by atoms with Crippen molar-refractivity contribution < 1.29 is 9.47 Å². The third-order valence-corrected chi connectivity index (χ3v) is 3.35. The van der Waals surface area contributed by atoms with Crippen molar-refractivity contribution in [3.05, 3.63) is 35.7 Å². The van der Waals surface area contributed by atoms with Gasteiger partial charge in [-0.1, -0.05) is 13.8 Å². The van der Waals surface area contributed by atoms with Gasteiger partial charge < -0.3 is 14.8 Å². The maximum atomic E-state index is 5.31. The number of nitrogens with one attached hydrogen (secondary N) is 1. The lowest BCUT2D eigenvalue weighted by molar-refractivity contribution is 0.355. The van der Waals surface area contributed by atoms with Crippen LogP contribution in [0.2, 0.25) is 0 Å². The van der Waals surface area contributed by atoms with Crippen molar-refractivity contribution in [3.8, 4) is 11.5 Å². The molecule has 2 rings (SSSR count). The van der Waals surface area contributed by atoms with Gasteiger partial charge in [-0.05, 0) is 18.1 Å². The average molecular weight is 289 g/mol. The molecule has 5 heteroatoms. The maximum absolute atomic E-state index is 5.31. The molecular formula is C16H23N3O2. The highest BCUT2D eigenvalue weighted by molar-refractivity contribution is 5.55. The van der Waals surface area contributed by atoms with Gasteiger partial charge in [0.25, 0.3) is 0 Å². The fourth-order valence-corrected chi connectivity index (χ4v) is 2.32. The van der Waals surface area contributed by atoms with Crippen LogP contribution in [0.3, 0.4) is 0 Å². The van der Waals surface area contributed by atoms with Crippen LogP contribution in [0.5, 0.6) is 11.5 Å². The Balaban J connectivity index is 2.13. The minimum absolute atomic E-state index is 0.411. The fraction of sp³-hybridized carbons (Fsp3) is 0.438. The lowest BCUT2D eigenvalue weighted by Crippen LogP contribution is -2.03. The van der Waals surface area contributed by atoms with E-state index in [1.165, 1.54) is 5.56 Å². The van der Waals surface area contributed by atoms with Gasteiger partial charge in [0.2, 0.25) is 0 Å². The molecule has 0 radical (unpaired) electrons. The van der Waals surface area contributed by atoms with Crippen molar-refractivity contribution in [3.63, 3.8) is 0 Å². The second-order valence-electron chi connectivity index (χ2n) is 5.29. The van der Waals surface area contributed by atoms with E-state index in [9.17, 15) is 0 Å². The van der Waals surface area contributed by atoms with Crippen LogP contribution in [0.4, 0.5) is 5.69 Å². The first-order chi connectivity index (χ1) is 10.0. The summed E-state index contributed by atoms with van der Waals surface area (Å²) in [5.74, 6) is 1.86. The van der Waals surface area contributed by atoms with Gasteiger partial charge in [-0.2, -0.15) is 5.10 Å². The van der Waals surface area contributed by atoms with Crippen molar-refractivity contribution in [1.82, 2.24) is 9.78 Å². The van der Waals surface area contributed by atoms with Crippen molar-refractivity contribution >= 4 is 5.69 Å². The summed E-state index contributed by atoms with van der Waals surface area (Å²) in [6.07, 6.45) is 2.06. The topological polar surface area (TPSA) is 48.3 Å². The van der Waals surface area contributed by atoms with E-state index in [1.54, 1.807) is 14.2 Å². The average Bonchev–Trinajstić information content (AvgIpc) is 2.86. The van der Waals surface area contributed by atoms with E-state index in [1.807, 2.05) is 29.9 Å². The number of benzene rings is 1. The van der Waals surface area contributed by atoms with Crippen LogP contribution in [0.25, 0.3) is 0 Å². The summed E-state index contributed by atoms with van der Waals surface area (Å²) in [6.45, 7) is 5.04. The third-order valence-electron chi connectivity index (χ3n) is 3.35. The summed E-state index contributed by atoms with van der Waals surface area (Å²) in [5, 5.41) is 7.92. The number of nitrogens with zero attached hydrogens (tertiary/aromatic N) is 2. The zero-order valence-corrected chi connectivity index (χ0v) is 13.3. The van der Waals surface area contributed by atoms with Gasteiger partial charge in [0, 0.05) is 37.1 Å². The summed E-state index contributed by atoms with van der Waals surface area (Å²) < 4.78 is 12.4. The number of aromatic nitrogens is 2. The van der Waals surface area contributed by atoms with Crippen LogP contribution in [-0.2, 0) is 13.6 Å². The van der Waals surface area contributed by atoms with E-state index in [-0.39, 0.29) is 0 Å². The lowest BCUT2D eigenvalue weighted by Gasteiger charge is -2.12. The molecule has 0 spiro atoms. The predicted molar refractivity (Wildman–Crippen MR) is 84.2 cm³/mol. The lowest BCUT2D eigenvalue weighted by atomic mass is 10.1. The van der Waals surface area contributed by atoms with Crippen LogP contribution in [0.15, 0.2) is 24.4 Å². The van der Waals surface area contributed by atoms with E-state index in [2.05, 4.69) is 30.5 Å². The monoisotopic (exact) mass is 289 g/mol. The number of anilines is 1. The summed E-state index contributed by atoms with van der Waals surface area (Å²) in [5.41, 5.74) is 3.33. The minimum atomic E-state index is 0.411. The number of rotatable bonds is 6. The molecule has 1 aromatic carbocycles. The molecular weight excluding hydrogens is 266 g/mol. The molecule has 0 aliphatic rings. The van der Waals surface area contributed by atoms with Gasteiger partial charge in [0.1, 0.15) is 0 Å². The summed E-state index contributed by atoms with van der Waals surface area (Å²) in [7, 11) is 5.22. The predicted octanol–water partition coefficient (Wildman–Crippen LogP) is 3.17. The molecule has 1 N–H and O–H groups in total. The van der Waals surface area contributed by atoms with Gasteiger partial charge in [-0.15, -0.1) is 0 Å². The molecule has 0 saturated heterocycles. The highest BCUT2D eigenvalue weighted by atomic mass is 16.5. The number of hydrogen-bond donors (Lipinski definition) is 1. The molecule has 21 heavy (non-hydrogen) atoms. The molecule has 0 unspecified atom stereocenters. The largest absolute Gasteiger partial charge is 0.493 e. The molecule has 1 heterocycles. The van der Waals surface area contributed by atoms with Crippen molar-refractivity contribution in [1.29, 1.82) is 0 Å². The van der Waals surface area contributed by atoms with Crippen LogP contribution in [-0.4, -0.2) is 24.0 Å². The van der Waals surface area contributed by atoms with Crippen LogP contribution >= 0.6 is 0 Å². The van der Waals surface area contributed by atoms with Crippen molar-refractivity contribution in [2.24, 2.45) is 7.05 Å². The Labute approximate surface area is 125 Å². The number of ether oxygens (including phenoxy) is 2. The molecule has 1 aromatic heterocycles. The standard InChI is InChI=1S/C16H23N3O2/c1-11(2)16-12(10-19(3)18-16)9-17-13-6-7-14(20-4)15(8-13)21-5/h6-8,10-11,17H,9H2,1-5H3. The van der Waals surface area contributed by atoms with Gasteiger partial charge in [-0.25, -0.2) is 0 Å². The zero-order chi connectivity index (χ0) is 15.4. The van der Waals surface area contributed by atoms with Gasteiger partial charge in [0.05, 0.1) is 19.9 Å². The molecule has 0 aliphatic heterocycles. The molecule has 0 fully saturated rings. The Morgan fingerprint density at radius 2 is 1.90 bits per heavy atom. The van der Waals surface area contributed by atoms with Crippen LogP contribution in [0, 0.1) is 0 Å². The highest BCUT2D eigenvalue weighted by Crippen LogP contribution is 2.30. The van der Waals surface area contributed by atoms with E-state index >= 15 is 0 Å². The van der Waals surface area contributed by atoms with E-state index < -0.39 is 0 Å². The third kappa shape index (κ3) is 3.48. The van der Waals surface area contributed by atoms with Crippen molar-refractivity contribution in [2.45, 2.75) is 26.3 Å². The molecule has 2 aromatic rings. The molecule has 0 amide bonds. The first kappa shape index (κ1) is 15.2. The molecule has 0 aliphatic carbocycles. The summed E-state index contributed by atoms with van der Waals surface area (Å²) in [4.78, 5) is 0. The normalized spacial score (nSPS) is 10.8. The zero-order valence-electron chi connectivity index (χ0n) is 13.3. The van der Waals surface area contributed by atoms with Gasteiger partial charge in [-0.3, -0.25) is 4.68 Å². The molecule has 0 saturated carbocycles. The fourth-order valence-electron chi connectivity index (χ4n) is 2.32. The molecule has 5 nitrogen and oxygen atoms in total. The van der Waals surface area contributed by atoms with Crippen LogP contribution in [0.1, 0.15) is 31.0 Å². The first-order valence-electron chi connectivity index (χ1n) is 7.03. The number of methoxy groups -OCH3 is 2. The highest BCUT2D eigenvalue weighted by Gasteiger charge is 2.11.